The Morgan fingerprint density at radius 3 is 0.893 bits per heavy atom. The van der Waals surface area contributed by atoms with Gasteiger partial charge >= 0.3 is 0 Å². The number of aromatic nitrogens is 8. The fourth-order valence-electron chi connectivity index (χ4n) is 18.3. The average molecular weight is 1560 g/mol. The SMILES string of the molecule is c1ccc(-c2cc(-c3cccc4ccccc34)nc(-c3ccc(-c4ccc(-n5c6ccccc6c6cc7c(cc65)c5ccccc5n7-c5ccccc5)cc4)cc3)n2)cc1.c1ccc(-c2nc(-c3cccc(-c4ccc(-n5c6ccccc6c6cc7c(cc65)c5ccccc5n7-c5ccccc5)cc4)c3)cc(-c3ccccc3-c3ccccc3)n2)cc1. The second-order valence-electron chi connectivity index (χ2n) is 31.2. The van der Waals surface area contributed by atoms with Crippen molar-refractivity contribution in [2.45, 2.75) is 0 Å². The Labute approximate surface area is 704 Å². The van der Waals surface area contributed by atoms with Crippen molar-refractivity contribution in [3.63, 3.8) is 0 Å². The molecule has 0 spiro atoms. The van der Waals surface area contributed by atoms with Gasteiger partial charge in [-0.05, 0) is 159 Å². The van der Waals surface area contributed by atoms with Crippen LogP contribution in [0.15, 0.2) is 449 Å². The molecule has 122 heavy (non-hydrogen) atoms. The fourth-order valence-corrected chi connectivity index (χ4v) is 18.3. The minimum Gasteiger partial charge on any atom is -0.309 e. The molecule has 0 atom stereocenters. The van der Waals surface area contributed by atoms with Gasteiger partial charge in [0.25, 0.3) is 0 Å². The van der Waals surface area contributed by atoms with Crippen LogP contribution in [0.2, 0.25) is 0 Å². The average Bonchev–Trinajstić information content (AvgIpc) is 1.55. The minimum atomic E-state index is 0.698. The van der Waals surface area contributed by atoms with Crippen LogP contribution in [0, 0.1) is 0 Å². The highest BCUT2D eigenvalue weighted by atomic mass is 15.0. The number of para-hydroxylation sites is 6. The molecule has 0 aliphatic rings. The van der Waals surface area contributed by atoms with Crippen molar-refractivity contribution in [2.24, 2.45) is 0 Å². The van der Waals surface area contributed by atoms with Gasteiger partial charge in [0.2, 0.25) is 0 Å². The summed E-state index contributed by atoms with van der Waals surface area (Å²) in [5.41, 5.74) is 30.7. The Bertz CT molecular complexity index is 8130. The highest BCUT2D eigenvalue weighted by Gasteiger charge is 2.23. The number of hydrogen-bond donors (Lipinski definition) is 0. The smallest absolute Gasteiger partial charge is 0.160 e. The highest BCUT2D eigenvalue weighted by molar-refractivity contribution is 6.21. The number of nitrogens with zero attached hydrogens (tertiary/aromatic N) is 8. The molecule has 0 aliphatic heterocycles. The summed E-state index contributed by atoms with van der Waals surface area (Å²) in [6.45, 7) is 0. The minimum absolute atomic E-state index is 0.698. The topological polar surface area (TPSA) is 71.3 Å². The van der Waals surface area contributed by atoms with Gasteiger partial charge in [-0.25, -0.2) is 19.9 Å². The molecule has 0 radical (unpaired) electrons. The van der Waals surface area contributed by atoms with E-state index in [4.69, 9.17) is 19.9 Å². The number of rotatable bonds is 13. The van der Waals surface area contributed by atoms with Crippen molar-refractivity contribution in [3.8, 4) is 124 Å². The Kier molecular flexibility index (Phi) is 17.4. The Morgan fingerprint density at radius 1 is 0.139 bits per heavy atom. The quantitative estimate of drug-likeness (QED) is 0.115. The van der Waals surface area contributed by atoms with E-state index in [2.05, 4.69) is 443 Å². The summed E-state index contributed by atoms with van der Waals surface area (Å²) in [6.07, 6.45) is 0. The predicted molar refractivity (Wildman–Crippen MR) is 508 cm³/mol. The summed E-state index contributed by atoms with van der Waals surface area (Å²) in [5, 5.41) is 12.3. The zero-order valence-electron chi connectivity index (χ0n) is 66.3. The molecule has 6 aromatic heterocycles. The van der Waals surface area contributed by atoms with Crippen molar-refractivity contribution in [1.29, 1.82) is 0 Å². The largest absolute Gasteiger partial charge is 0.309 e. The standard InChI is InChI=1S/C58H38N4.C56H36N4/c1-4-17-40(18-5-1)46-25-10-11-26-47(46)53-38-52(59-58(60-53)41-19-6-2-7-20-41)43-22-16-21-42(35-43)39-31-33-45(34-32-39)62-55-30-15-13-28-49(55)51-36-56-50(37-57(51)62)48-27-12-14-29-54(48)61(56)44-23-8-3-9-24-44;1-3-15-40(16-4-1)50-36-51(45-23-13-17-39-14-7-8-20-44(39)45)58-56(57-50)41-28-26-37(27-29-41)38-30-32-43(33-31-38)60-53-25-12-10-22-47(53)49-34-54-48(35-55(49)60)46-21-9-11-24-52(46)59(54)42-18-5-2-6-19-42/h1-38H;1-36H. The van der Waals surface area contributed by atoms with Crippen LogP contribution in [0.3, 0.4) is 0 Å². The van der Waals surface area contributed by atoms with E-state index in [-0.39, 0.29) is 0 Å². The summed E-state index contributed by atoms with van der Waals surface area (Å²) in [6, 6.07) is 160. The molecule has 0 saturated heterocycles. The summed E-state index contributed by atoms with van der Waals surface area (Å²) in [4.78, 5) is 20.6. The zero-order chi connectivity index (χ0) is 80.6. The molecular weight excluding hydrogens is 1480 g/mol. The number of benzene rings is 18. The van der Waals surface area contributed by atoms with Crippen molar-refractivity contribution in [1.82, 2.24) is 38.2 Å². The van der Waals surface area contributed by atoms with Crippen LogP contribution in [0.4, 0.5) is 0 Å². The molecule has 8 heteroatoms. The van der Waals surface area contributed by atoms with E-state index in [1.165, 1.54) is 98.0 Å². The highest BCUT2D eigenvalue weighted by Crippen LogP contribution is 2.45. The molecule has 0 bridgehead atoms. The molecule has 24 rings (SSSR count). The molecule has 0 aliphatic carbocycles. The van der Waals surface area contributed by atoms with Gasteiger partial charge in [-0.2, -0.15) is 0 Å². The lowest BCUT2D eigenvalue weighted by Gasteiger charge is -2.14. The number of fused-ring (bicyclic) bond motifs is 13. The molecule has 0 amide bonds. The van der Waals surface area contributed by atoms with Crippen LogP contribution in [-0.2, 0) is 0 Å². The number of hydrogen-bond acceptors (Lipinski definition) is 4. The van der Waals surface area contributed by atoms with Gasteiger partial charge in [0.1, 0.15) is 0 Å². The third-order valence-corrected chi connectivity index (χ3v) is 24.1. The van der Waals surface area contributed by atoms with Crippen LogP contribution in [0.25, 0.3) is 222 Å². The first kappa shape index (κ1) is 70.9. The van der Waals surface area contributed by atoms with E-state index in [1.807, 2.05) is 24.3 Å². The molecule has 8 nitrogen and oxygen atoms in total. The lowest BCUT2D eigenvalue weighted by atomic mass is 9.96. The lowest BCUT2D eigenvalue weighted by molar-refractivity contribution is 1.17. The fraction of sp³-hybridized carbons (Fsp3) is 0. The van der Waals surface area contributed by atoms with Crippen LogP contribution >= 0.6 is 0 Å². The monoisotopic (exact) mass is 1550 g/mol. The maximum atomic E-state index is 5.19. The van der Waals surface area contributed by atoms with E-state index >= 15 is 0 Å². The molecule has 6 heterocycles. The normalized spacial score (nSPS) is 11.6. The first-order valence-electron chi connectivity index (χ1n) is 41.5. The van der Waals surface area contributed by atoms with Crippen LogP contribution < -0.4 is 0 Å². The van der Waals surface area contributed by atoms with Crippen LogP contribution in [-0.4, -0.2) is 38.2 Å². The predicted octanol–water partition coefficient (Wildman–Crippen LogP) is 29.5. The molecule has 18 aromatic carbocycles. The van der Waals surface area contributed by atoms with Crippen molar-refractivity contribution >= 4 is 98.0 Å². The van der Waals surface area contributed by atoms with E-state index in [1.54, 1.807) is 0 Å². The molecule has 24 aromatic rings. The molecule has 0 saturated carbocycles. The zero-order valence-corrected chi connectivity index (χ0v) is 66.3. The Morgan fingerprint density at radius 2 is 0.426 bits per heavy atom. The molecule has 570 valence electrons. The van der Waals surface area contributed by atoms with Crippen LogP contribution in [0.5, 0.6) is 0 Å². The summed E-state index contributed by atoms with van der Waals surface area (Å²) in [7, 11) is 0. The third-order valence-electron chi connectivity index (χ3n) is 24.1. The van der Waals surface area contributed by atoms with E-state index in [0.29, 0.717) is 11.6 Å². The van der Waals surface area contributed by atoms with Gasteiger partial charge in [0.15, 0.2) is 11.6 Å². The maximum absolute atomic E-state index is 5.19. The molecule has 0 N–H and O–H groups in total. The summed E-state index contributed by atoms with van der Waals surface area (Å²) >= 11 is 0. The third kappa shape index (κ3) is 12.5. The van der Waals surface area contributed by atoms with E-state index in [9.17, 15) is 0 Å². The second-order valence-corrected chi connectivity index (χ2v) is 31.2. The molecule has 0 unspecified atom stereocenters. The summed E-state index contributed by atoms with van der Waals surface area (Å²) < 4.78 is 9.62. The van der Waals surface area contributed by atoms with Gasteiger partial charge in [0.05, 0.1) is 66.9 Å². The van der Waals surface area contributed by atoms with Gasteiger partial charge in [-0.3, -0.25) is 0 Å². The van der Waals surface area contributed by atoms with Gasteiger partial charge in [0, 0.05) is 99.2 Å². The first-order valence-corrected chi connectivity index (χ1v) is 41.5. The van der Waals surface area contributed by atoms with E-state index in [0.717, 1.165) is 112 Å². The van der Waals surface area contributed by atoms with Crippen molar-refractivity contribution in [3.05, 3.63) is 449 Å². The molecular formula is C114H74N8. The van der Waals surface area contributed by atoms with Gasteiger partial charge < -0.3 is 18.3 Å². The Hall–Kier alpha value is -16.4. The Balaban J connectivity index is 0.000000142. The van der Waals surface area contributed by atoms with Gasteiger partial charge in [-0.1, -0.05) is 334 Å². The first-order chi connectivity index (χ1) is 60.5. The molecule has 0 fully saturated rings. The maximum Gasteiger partial charge on any atom is 0.160 e. The van der Waals surface area contributed by atoms with Gasteiger partial charge in [-0.15, -0.1) is 0 Å². The van der Waals surface area contributed by atoms with E-state index < -0.39 is 0 Å². The van der Waals surface area contributed by atoms with Crippen LogP contribution in [0.1, 0.15) is 0 Å². The summed E-state index contributed by atoms with van der Waals surface area (Å²) in [5.74, 6) is 1.40. The van der Waals surface area contributed by atoms with Crippen molar-refractivity contribution < 1.29 is 0 Å². The van der Waals surface area contributed by atoms with Crippen molar-refractivity contribution in [2.75, 3.05) is 0 Å². The lowest BCUT2D eigenvalue weighted by Crippen LogP contribution is -1.97. The second kappa shape index (κ2) is 29.9.